The van der Waals surface area contributed by atoms with E-state index in [2.05, 4.69) is 10.3 Å². The van der Waals surface area contributed by atoms with Crippen LogP contribution in [0.1, 0.15) is 12.3 Å². The number of rotatable bonds is 6. The van der Waals surface area contributed by atoms with Crippen molar-refractivity contribution in [1.82, 2.24) is 4.98 Å². The lowest BCUT2D eigenvalue weighted by atomic mass is 10.2. The van der Waals surface area contributed by atoms with Crippen LogP contribution >= 0.6 is 23.2 Å². The summed E-state index contributed by atoms with van der Waals surface area (Å²) in [6.45, 7) is 0. The van der Waals surface area contributed by atoms with Crippen LogP contribution in [-0.4, -0.2) is 18.0 Å². The molecule has 0 radical (unpaired) electrons. The molecule has 5 nitrogen and oxygen atoms in total. The van der Waals surface area contributed by atoms with Gasteiger partial charge in [-0.05, 0) is 30.3 Å². The Labute approximate surface area is 160 Å². The quantitative estimate of drug-likeness (QED) is 0.625. The average Bonchev–Trinajstić information content (AvgIpc) is 3.11. The Morgan fingerprint density at radius 1 is 1.23 bits per heavy atom. The predicted molar refractivity (Wildman–Crippen MR) is 102 cm³/mol. The molecule has 3 rings (SSSR count). The highest BCUT2D eigenvalue weighted by atomic mass is 35.5. The van der Waals surface area contributed by atoms with Gasteiger partial charge in [-0.2, -0.15) is 0 Å². The molecule has 1 amide bonds. The molecular weight excluding hydrogens is 375 g/mol. The maximum absolute atomic E-state index is 12.1. The number of nitrogens with zero attached hydrogens (tertiary/aromatic N) is 1. The van der Waals surface area contributed by atoms with Crippen LogP contribution < -0.4 is 10.1 Å². The lowest BCUT2D eigenvalue weighted by Gasteiger charge is -2.06. The van der Waals surface area contributed by atoms with Crippen molar-refractivity contribution in [2.24, 2.45) is 0 Å². The molecule has 134 valence electrons. The van der Waals surface area contributed by atoms with Crippen LogP contribution in [0.5, 0.6) is 5.75 Å². The zero-order chi connectivity index (χ0) is 18.5. The number of amides is 1. The van der Waals surface area contributed by atoms with Crippen LogP contribution in [0.4, 0.5) is 5.69 Å². The van der Waals surface area contributed by atoms with E-state index in [9.17, 15) is 4.79 Å². The fourth-order valence-corrected chi connectivity index (χ4v) is 2.82. The van der Waals surface area contributed by atoms with Gasteiger partial charge in [-0.3, -0.25) is 4.79 Å². The van der Waals surface area contributed by atoms with Gasteiger partial charge in [0.2, 0.25) is 5.91 Å². The standard InChI is InChI=1S/C19H16Cl2N2O3/c1-25-14-4-2-3-12(9-14)17-11-22-19(26-17)8-7-18(24)23-16-6-5-13(20)10-15(16)21/h2-6,9-11H,7-8H2,1H3,(H,23,24). The summed E-state index contributed by atoms with van der Waals surface area (Å²) in [6, 6.07) is 12.4. The smallest absolute Gasteiger partial charge is 0.224 e. The number of nitrogens with one attached hydrogen (secondary N) is 1. The summed E-state index contributed by atoms with van der Waals surface area (Å²) in [5.41, 5.74) is 1.38. The van der Waals surface area contributed by atoms with Crippen LogP contribution in [0.25, 0.3) is 11.3 Å². The number of methoxy groups -OCH3 is 1. The van der Waals surface area contributed by atoms with E-state index in [0.717, 1.165) is 11.3 Å². The Morgan fingerprint density at radius 3 is 2.85 bits per heavy atom. The number of aromatic nitrogens is 1. The van der Waals surface area contributed by atoms with Gasteiger partial charge in [-0.25, -0.2) is 4.98 Å². The highest BCUT2D eigenvalue weighted by Crippen LogP contribution is 2.26. The van der Waals surface area contributed by atoms with Crippen LogP contribution in [0.2, 0.25) is 10.0 Å². The van der Waals surface area contributed by atoms with Crippen molar-refractivity contribution < 1.29 is 13.9 Å². The Bertz CT molecular complexity index is 925. The summed E-state index contributed by atoms with van der Waals surface area (Å²) >= 11 is 11.9. The summed E-state index contributed by atoms with van der Waals surface area (Å²) < 4.78 is 10.9. The summed E-state index contributed by atoms with van der Waals surface area (Å²) in [6.07, 6.45) is 2.23. The first kappa shape index (κ1) is 18.3. The second-order valence-electron chi connectivity index (χ2n) is 5.52. The Balaban J connectivity index is 1.60. The number of anilines is 1. The van der Waals surface area contributed by atoms with Gasteiger partial charge in [0.15, 0.2) is 11.7 Å². The second kappa shape index (κ2) is 8.25. The molecule has 1 heterocycles. The summed E-state index contributed by atoms with van der Waals surface area (Å²) in [5.74, 6) is 1.66. The minimum absolute atomic E-state index is 0.185. The normalized spacial score (nSPS) is 10.6. The SMILES string of the molecule is COc1cccc(-c2cnc(CCC(=O)Nc3ccc(Cl)cc3Cl)o2)c1. The summed E-state index contributed by atoms with van der Waals surface area (Å²) in [5, 5.41) is 3.65. The van der Waals surface area contributed by atoms with E-state index in [-0.39, 0.29) is 12.3 Å². The Kier molecular flexibility index (Phi) is 5.81. The van der Waals surface area contributed by atoms with Crippen molar-refractivity contribution in [2.75, 3.05) is 12.4 Å². The van der Waals surface area contributed by atoms with E-state index in [1.165, 1.54) is 0 Å². The molecule has 0 saturated carbocycles. The molecule has 1 aromatic heterocycles. The van der Waals surface area contributed by atoms with E-state index >= 15 is 0 Å². The number of carbonyl (C=O) groups is 1. The number of oxazole rings is 1. The van der Waals surface area contributed by atoms with E-state index < -0.39 is 0 Å². The minimum Gasteiger partial charge on any atom is -0.497 e. The van der Waals surface area contributed by atoms with Crippen molar-refractivity contribution in [2.45, 2.75) is 12.8 Å². The summed E-state index contributed by atoms with van der Waals surface area (Å²) in [7, 11) is 1.61. The molecule has 0 atom stereocenters. The third kappa shape index (κ3) is 4.56. The highest BCUT2D eigenvalue weighted by molar-refractivity contribution is 6.36. The number of hydrogen-bond donors (Lipinski definition) is 1. The van der Waals surface area contributed by atoms with Crippen LogP contribution in [0, 0.1) is 0 Å². The van der Waals surface area contributed by atoms with E-state index in [0.29, 0.717) is 33.8 Å². The first-order valence-electron chi connectivity index (χ1n) is 7.89. The van der Waals surface area contributed by atoms with Gasteiger partial charge in [0.05, 0.1) is 24.0 Å². The minimum atomic E-state index is -0.185. The van der Waals surface area contributed by atoms with Crippen molar-refractivity contribution >= 4 is 34.8 Å². The molecule has 0 aliphatic carbocycles. The van der Waals surface area contributed by atoms with Crippen LogP contribution in [0.15, 0.2) is 53.1 Å². The molecule has 0 bridgehead atoms. The first-order valence-corrected chi connectivity index (χ1v) is 8.65. The van der Waals surface area contributed by atoms with E-state index in [4.69, 9.17) is 32.4 Å². The molecule has 2 aromatic carbocycles. The summed E-state index contributed by atoms with van der Waals surface area (Å²) in [4.78, 5) is 16.3. The molecule has 0 aliphatic heterocycles. The maximum Gasteiger partial charge on any atom is 0.224 e. The van der Waals surface area contributed by atoms with Crippen LogP contribution in [0.3, 0.4) is 0 Å². The van der Waals surface area contributed by atoms with Crippen molar-refractivity contribution in [3.8, 4) is 17.1 Å². The molecule has 3 aromatic rings. The fourth-order valence-electron chi connectivity index (χ4n) is 2.36. The lowest BCUT2D eigenvalue weighted by molar-refractivity contribution is -0.116. The number of hydrogen-bond acceptors (Lipinski definition) is 4. The van der Waals surface area contributed by atoms with Crippen molar-refractivity contribution in [3.63, 3.8) is 0 Å². The number of carbonyl (C=O) groups excluding carboxylic acids is 1. The van der Waals surface area contributed by atoms with Gasteiger partial charge in [0.1, 0.15) is 5.75 Å². The lowest BCUT2D eigenvalue weighted by Crippen LogP contribution is -2.12. The maximum atomic E-state index is 12.1. The molecule has 7 heteroatoms. The second-order valence-corrected chi connectivity index (χ2v) is 6.37. The van der Waals surface area contributed by atoms with E-state index in [1.807, 2.05) is 24.3 Å². The van der Waals surface area contributed by atoms with Gasteiger partial charge in [0, 0.05) is 23.4 Å². The monoisotopic (exact) mass is 390 g/mol. The average molecular weight is 391 g/mol. The zero-order valence-electron chi connectivity index (χ0n) is 14.0. The zero-order valence-corrected chi connectivity index (χ0v) is 15.5. The largest absolute Gasteiger partial charge is 0.497 e. The van der Waals surface area contributed by atoms with E-state index in [1.54, 1.807) is 31.5 Å². The van der Waals surface area contributed by atoms with Gasteiger partial charge in [0.25, 0.3) is 0 Å². The molecule has 0 aliphatic rings. The van der Waals surface area contributed by atoms with Crippen LogP contribution in [-0.2, 0) is 11.2 Å². The van der Waals surface area contributed by atoms with Gasteiger partial charge < -0.3 is 14.5 Å². The number of halogens is 2. The molecular formula is C19H16Cl2N2O3. The third-order valence-corrected chi connectivity index (χ3v) is 4.23. The highest BCUT2D eigenvalue weighted by Gasteiger charge is 2.11. The first-order chi connectivity index (χ1) is 12.5. The molecule has 0 saturated heterocycles. The number of ether oxygens (including phenoxy) is 1. The van der Waals surface area contributed by atoms with Gasteiger partial charge in [-0.1, -0.05) is 35.3 Å². The van der Waals surface area contributed by atoms with Gasteiger partial charge in [-0.15, -0.1) is 0 Å². The topological polar surface area (TPSA) is 64.4 Å². The number of aryl methyl sites for hydroxylation is 1. The Morgan fingerprint density at radius 2 is 2.08 bits per heavy atom. The predicted octanol–water partition coefficient (Wildman–Crippen LogP) is 5.23. The van der Waals surface area contributed by atoms with Gasteiger partial charge >= 0.3 is 0 Å². The number of benzene rings is 2. The van der Waals surface area contributed by atoms with Crippen molar-refractivity contribution in [1.29, 1.82) is 0 Å². The fraction of sp³-hybridized carbons (Fsp3) is 0.158. The Hall–Kier alpha value is -2.50. The third-order valence-electron chi connectivity index (χ3n) is 3.68. The molecule has 0 fully saturated rings. The molecule has 0 spiro atoms. The molecule has 0 unspecified atom stereocenters. The van der Waals surface area contributed by atoms with Crippen molar-refractivity contribution in [3.05, 3.63) is 64.6 Å². The molecule has 26 heavy (non-hydrogen) atoms. The molecule has 1 N–H and O–H groups in total.